The van der Waals surface area contributed by atoms with Crippen molar-refractivity contribution >= 4 is 27.4 Å². The number of carbonyl (C=O) groups is 1. The molecule has 0 aliphatic carbocycles. The highest BCUT2D eigenvalue weighted by molar-refractivity contribution is 7.92. The molecule has 1 aromatic rings. The predicted molar refractivity (Wildman–Crippen MR) is 103 cm³/mol. The third-order valence-corrected chi connectivity index (χ3v) is 5.86. The molecule has 0 spiro atoms. The maximum Gasteiger partial charge on any atom is 0.337 e. The molecule has 2 heterocycles. The summed E-state index contributed by atoms with van der Waals surface area (Å²) >= 11 is 0. The number of hydrogen-bond acceptors (Lipinski definition) is 5. The molecule has 2 aliphatic rings. The first-order valence-electron chi connectivity index (χ1n) is 9.17. The number of nitrogens with one attached hydrogen (secondary N) is 1. The first-order valence-corrected chi connectivity index (χ1v) is 11.1. The zero-order valence-corrected chi connectivity index (χ0v) is 16.0. The summed E-state index contributed by atoms with van der Waals surface area (Å²) in [5.74, 6) is -1.14. The van der Waals surface area contributed by atoms with E-state index in [4.69, 9.17) is 0 Å². The third kappa shape index (κ3) is 4.67. The van der Waals surface area contributed by atoms with Crippen LogP contribution in [0, 0.1) is 0 Å². The van der Waals surface area contributed by atoms with Gasteiger partial charge in [0.25, 0.3) is 0 Å². The Balaban J connectivity index is 1.70. The lowest BCUT2D eigenvalue weighted by Gasteiger charge is -2.41. The van der Waals surface area contributed by atoms with Gasteiger partial charge in [0.1, 0.15) is 0 Å². The van der Waals surface area contributed by atoms with E-state index < -0.39 is 16.0 Å². The molecule has 2 aliphatic heterocycles. The summed E-state index contributed by atoms with van der Waals surface area (Å²) < 4.78 is 25.1. The van der Waals surface area contributed by atoms with Crippen LogP contribution < -0.4 is 9.62 Å². The van der Waals surface area contributed by atoms with E-state index in [1.54, 1.807) is 12.1 Å². The molecule has 2 N–H and O–H groups in total. The molecule has 0 atom stereocenters. The molecule has 3 rings (SSSR count). The van der Waals surface area contributed by atoms with Gasteiger partial charge in [-0.05, 0) is 57.0 Å². The fourth-order valence-electron chi connectivity index (χ4n) is 3.97. The SMILES string of the molecule is CS(=O)(=O)Nc1ccc(N2CCC(N3CCCCC3)CC2)cc1C(=O)O. The van der Waals surface area contributed by atoms with Gasteiger partial charge in [-0.2, -0.15) is 0 Å². The second-order valence-electron chi connectivity index (χ2n) is 7.22. The number of nitrogens with zero attached hydrogens (tertiary/aromatic N) is 2. The molecule has 26 heavy (non-hydrogen) atoms. The number of anilines is 2. The second-order valence-corrected chi connectivity index (χ2v) is 8.97. The summed E-state index contributed by atoms with van der Waals surface area (Å²) in [5, 5.41) is 9.44. The van der Waals surface area contributed by atoms with E-state index >= 15 is 0 Å². The first-order chi connectivity index (χ1) is 12.3. The lowest BCUT2D eigenvalue weighted by atomic mass is 9.99. The Labute approximate surface area is 155 Å². The van der Waals surface area contributed by atoms with Crippen LogP contribution in [0.1, 0.15) is 42.5 Å². The summed E-state index contributed by atoms with van der Waals surface area (Å²) in [7, 11) is -3.52. The lowest BCUT2D eigenvalue weighted by molar-refractivity contribution is 0.0698. The predicted octanol–water partition coefficient (Wildman–Crippen LogP) is 2.21. The van der Waals surface area contributed by atoms with Crippen molar-refractivity contribution in [3.8, 4) is 0 Å². The standard InChI is InChI=1S/C18H27N3O4S/c1-26(24,25)19-17-6-5-15(13-16(17)18(22)23)21-11-7-14(8-12-21)20-9-3-2-4-10-20/h5-6,13-14,19H,2-4,7-12H2,1H3,(H,22,23). The lowest BCUT2D eigenvalue weighted by Crippen LogP contribution is -2.46. The van der Waals surface area contributed by atoms with Gasteiger partial charge >= 0.3 is 5.97 Å². The van der Waals surface area contributed by atoms with Gasteiger partial charge in [-0.15, -0.1) is 0 Å². The molecule has 0 amide bonds. The van der Waals surface area contributed by atoms with E-state index in [9.17, 15) is 18.3 Å². The van der Waals surface area contributed by atoms with Crippen molar-refractivity contribution in [2.45, 2.75) is 38.1 Å². The van der Waals surface area contributed by atoms with Gasteiger partial charge in [-0.3, -0.25) is 4.72 Å². The molecule has 0 radical (unpaired) electrons. The van der Waals surface area contributed by atoms with Crippen LogP contribution in [-0.2, 0) is 10.0 Å². The number of likely N-dealkylation sites (tertiary alicyclic amines) is 1. The molecule has 1 aromatic carbocycles. The van der Waals surface area contributed by atoms with Crippen molar-refractivity contribution < 1.29 is 18.3 Å². The fourth-order valence-corrected chi connectivity index (χ4v) is 4.54. The van der Waals surface area contributed by atoms with Gasteiger partial charge in [-0.1, -0.05) is 6.42 Å². The Hall–Kier alpha value is -1.80. The molecule has 0 saturated carbocycles. The highest BCUT2D eigenvalue weighted by Gasteiger charge is 2.26. The Bertz CT molecular complexity index is 752. The summed E-state index contributed by atoms with van der Waals surface area (Å²) in [5.41, 5.74) is 0.913. The van der Waals surface area contributed by atoms with E-state index in [0.717, 1.165) is 37.9 Å². The van der Waals surface area contributed by atoms with Crippen LogP contribution in [0.25, 0.3) is 0 Å². The Morgan fingerprint density at radius 1 is 1.12 bits per heavy atom. The highest BCUT2D eigenvalue weighted by atomic mass is 32.2. The normalized spacial score (nSPS) is 20.1. The van der Waals surface area contributed by atoms with Crippen molar-refractivity contribution in [2.24, 2.45) is 0 Å². The van der Waals surface area contributed by atoms with Crippen molar-refractivity contribution in [1.82, 2.24) is 4.90 Å². The number of carboxylic acids is 1. The molecule has 0 aromatic heterocycles. The summed E-state index contributed by atoms with van der Waals surface area (Å²) in [4.78, 5) is 16.3. The first kappa shape index (κ1) is 19.0. The molecule has 144 valence electrons. The molecular weight excluding hydrogens is 354 g/mol. The number of rotatable bonds is 5. The molecule has 0 unspecified atom stereocenters. The van der Waals surface area contributed by atoms with Gasteiger partial charge in [0, 0.05) is 24.8 Å². The van der Waals surface area contributed by atoms with E-state index in [-0.39, 0.29) is 11.3 Å². The van der Waals surface area contributed by atoms with E-state index in [1.807, 2.05) is 0 Å². The van der Waals surface area contributed by atoms with Gasteiger partial charge in [0.2, 0.25) is 10.0 Å². The van der Waals surface area contributed by atoms with Crippen LogP contribution in [0.15, 0.2) is 18.2 Å². The van der Waals surface area contributed by atoms with Crippen molar-refractivity contribution in [1.29, 1.82) is 0 Å². The molecule has 7 nitrogen and oxygen atoms in total. The van der Waals surface area contributed by atoms with Gasteiger partial charge in [0.15, 0.2) is 0 Å². The minimum absolute atomic E-state index is 0.0221. The van der Waals surface area contributed by atoms with Crippen LogP contribution in [-0.4, -0.2) is 62.9 Å². The molecule has 0 bridgehead atoms. The molecule has 2 fully saturated rings. The number of benzene rings is 1. The zero-order valence-electron chi connectivity index (χ0n) is 15.1. The van der Waals surface area contributed by atoms with Gasteiger partial charge in [0.05, 0.1) is 17.5 Å². The quantitative estimate of drug-likeness (QED) is 0.813. The smallest absolute Gasteiger partial charge is 0.337 e. The van der Waals surface area contributed by atoms with Gasteiger partial charge < -0.3 is 14.9 Å². The number of aromatic carboxylic acids is 1. The zero-order chi connectivity index (χ0) is 18.7. The van der Waals surface area contributed by atoms with Gasteiger partial charge in [-0.25, -0.2) is 13.2 Å². The molecule has 2 saturated heterocycles. The molecular formula is C18H27N3O4S. The monoisotopic (exact) mass is 381 g/mol. The maximum absolute atomic E-state index is 11.5. The number of carboxylic acid groups (broad SMARTS) is 1. The Morgan fingerprint density at radius 2 is 1.77 bits per heavy atom. The average Bonchev–Trinajstić information content (AvgIpc) is 2.61. The average molecular weight is 381 g/mol. The van der Waals surface area contributed by atoms with Crippen LogP contribution in [0.4, 0.5) is 11.4 Å². The summed E-state index contributed by atoms with van der Waals surface area (Å²) in [6.07, 6.45) is 7.07. The van der Waals surface area contributed by atoms with Crippen LogP contribution in [0.5, 0.6) is 0 Å². The van der Waals surface area contributed by atoms with Crippen molar-refractivity contribution in [3.63, 3.8) is 0 Å². The van der Waals surface area contributed by atoms with E-state index in [1.165, 1.54) is 38.4 Å². The van der Waals surface area contributed by atoms with Crippen molar-refractivity contribution in [2.75, 3.05) is 42.1 Å². The Kier molecular flexibility index (Phi) is 5.72. The second kappa shape index (κ2) is 7.84. The van der Waals surface area contributed by atoms with Crippen LogP contribution in [0.2, 0.25) is 0 Å². The van der Waals surface area contributed by atoms with Crippen LogP contribution in [0.3, 0.4) is 0 Å². The molecule has 8 heteroatoms. The Morgan fingerprint density at radius 3 is 2.35 bits per heavy atom. The number of hydrogen-bond donors (Lipinski definition) is 2. The topological polar surface area (TPSA) is 90.0 Å². The maximum atomic E-state index is 11.5. The highest BCUT2D eigenvalue weighted by Crippen LogP contribution is 2.28. The minimum atomic E-state index is -3.52. The van der Waals surface area contributed by atoms with Crippen LogP contribution >= 0.6 is 0 Å². The van der Waals surface area contributed by atoms with Crippen molar-refractivity contribution in [3.05, 3.63) is 23.8 Å². The van der Waals surface area contributed by atoms with E-state index in [0.29, 0.717) is 6.04 Å². The summed E-state index contributed by atoms with van der Waals surface area (Å²) in [6.45, 7) is 4.16. The number of piperidine rings is 2. The third-order valence-electron chi connectivity index (χ3n) is 5.27. The number of sulfonamides is 1. The van der Waals surface area contributed by atoms with E-state index in [2.05, 4.69) is 14.5 Å². The fraction of sp³-hybridized carbons (Fsp3) is 0.611. The largest absolute Gasteiger partial charge is 0.478 e. The summed E-state index contributed by atoms with van der Waals surface area (Å²) in [6, 6.07) is 5.52. The minimum Gasteiger partial charge on any atom is -0.478 e.